The molecule has 2 saturated heterocycles. The number of fused-ring (bicyclic) bond motifs is 1. The van der Waals surface area contributed by atoms with E-state index in [2.05, 4.69) is 30.5 Å². The van der Waals surface area contributed by atoms with E-state index in [0.717, 1.165) is 37.2 Å². The van der Waals surface area contributed by atoms with Crippen molar-refractivity contribution in [3.8, 4) is 22.8 Å². The van der Waals surface area contributed by atoms with Gasteiger partial charge in [0.05, 0.1) is 23.3 Å². The van der Waals surface area contributed by atoms with E-state index in [1.54, 1.807) is 0 Å². The van der Waals surface area contributed by atoms with Crippen molar-refractivity contribution in [3.63, 3.8) is 0 Å². The Kier molecular flexibility index (Phi) is 7.97. The number of pyridine rings is 1. The van der Waals surface area contributed by atoms with Gasteiger partial charge in [0.15, 0.2) is 5.65 Å². The van der Waals surface area contributed by atoms with E-state index in [4.69, 9.17) is 15.6 Å². The van der Waals surface area contributed by atoms with Crippen molar-refractivity contribution >= 4 is 34.4 Å². The molecule has 13 heteroatoms. The third kappa shape index (κ3) is 6.09. The number of hydrogen-bond acceptors (Lipinski definition) is 10. The van der Waals surface area contributed by atoms with Crippen LogP contribution in [0, 0.1) is 5.95 Å². The Morgan fingerprint density at radius 3 is 2.50 bits per heavy atom. The van der Waals surface area contributed by atoms with Gasteiger partial charge in [-0.25, -0.2) is 19.6 Å². The average Bonchev–Trinajstić information content (AvgIpc) is 3.46. The van der Waals surface area contributed by atoms with E-state index < -0.39 is 12.0 Å². The molecule has 234 valence electrons. The van der Waals surface area contributed by atoms with Crippen molar-refractivity contribution in [1.29, 1.82) is 0 Å². The van der Waals surface area contributed by atoms with E-state index in [9.17, 15) is 14.0 Å². The summed E-state index contributed by atoms with van der Waals surface area (Å²) in [5.41, 5.74) is 9.90. The summed E-state index contributed by atoms with van der Waals surface area (Å²) in [4.78, 5) is 38.7. The van der Waals surface area contributed by atoms with Crippen molar-refractivity contribution in [3.05, 3.63) is 84.7 Å². The Balaban J connectivity index is 1.07. The summed E-state index contributed by atoms with van der Waals surface area (Å²) in [6, 6.07) is 18.2. The molecule has 1 atom stereocenters. The minimum atomic E-state index is -0.591. The summed E-state index contributed by atoms with van der Waals surface area (Å²) in [6.45, 7) is 1.93. The number of aromatic nitrogens is 5. The molecule has 2 aliphatic rings. The first-order chi connectivity index (χ1) is 22.4. The van der Waals surface area contributed by atoms with Gasteiger partial charge in [-0.05, 0) is 67.3 Å². The largest absolute Gasteiger partial charge is 0.457 e. The van der Waals surface area contributed by atoms with Crippen LogP contribution in [0.2, 0.25) is 0 Å². The molecule has 4 N–H and O–H groups in total. The highest BCUT2D eigenvalue weighted by Crippen LogP contribution is 2.35. The predicted molar refractivity (Wildman–Crippen MR) is 169 cm³/mol. The average molecular weight is 622 g/mol. The van der Waals surface area contributed by atoms with E-state index in [1.165, 1.54) is 18.6 Å². The maximum atomic E-state index is 14.2. The van der Waals surface area contributed by atoms with Crippen molar-refractivity contribution in [2.24, 2.45) is 0 Å². The molecule has 0 aliphatic carbocycles. The number of nitrogens with one attached hydrogen (secondary N) is 2. The Hall–Kier alpha value is -5.43. The molecule has 2 aromatic carbocycles. The fraction of sp³-hybridized carbons (Fsp3) is 0.273. The molecule has 2 aliphatic heterocycles. The zero-order chi connectivity index (χ0) is 31.6. The number of halogens is 1. The summed E-state index contributed by atoms with van der Waals surface area (Å²) in [7, 11) is 0. The zero-order valence-electron chi connectivity index (χ0n) is 24.9. The topological polar surface area (TPSA) is 153 Å². The number of para-hydroxylation sites is 1. The van der Waals surface area contributed by atoms with Crippen LogP contribution in [0.4, 0.5) is 15.9 Å². The lowest BCUT2D eigenvalue weighted by atomic mass is 10.0. The molecule has 2 amide bonds. The van der Waals surface area contributed by atoms with Gasteiger partial charge in [-0.3, -0.25) is 19.8 Å². The van der Waals surface area contributed by atoms with Crippen LogP contribution in [-0.2, 0) is 16.1 Å². The molecular weight excluding hydrogens is 589 g/mol. The van der Waals surface area contributed by atoms with Crippen molar-refractivity contribution in [1.82, 2.24) is 34.9 Å². The standard InChI is InChI=1S/C33H32FN9O3/c34-27-16-21(26(17-36-27)39-25-10-11-28(44)40-33(25)45)18-42-14-12-22(13-15-42)43-32-29(31(35)37-19-38-32)30(41-43)20-6-8-24(9-7-20)46-23-4-2-1-3-5-23/h1-9,16-17,19,22,25,39H,10-15,18H2,(H2,35,37,38)(H,40,44,45). The lowest BCUT2D eigenvalue weighted by Crippen LogP contribution is -2.47. The van der Waals surface area contributed by atoms with Crippen LogP contribution in [0.25, 0.3) is 22.3 Å². The first-order valence-electron chi connectivity index (χ1n) is 15.2. The molecule has 0 spiro atoms. The Morgan fingerprint density at radius 1 is 0.978 bits per heavy atom. The summed E-state index contributed by atoms with van der Waals surface area (Å²) >= 11 is 0. The molecule has 0 bridgehead atoms. The highest BCUT2D eigenvalue weighted by molar-refractivity contribution is 6.01. The highest BCUT2D eigenvalue weighted by Gasteiger charge is 2.29. The normalized spacial score (nSPS) is 17.6. The monoisotopic (exact) mass is 621 g/mol. The van der Waals surface area contributed by atoms with Crippen LogP contribution in [0.3, 0.4) is 0 Å². The van der Waals surface area contributed by atoms with Gasteiger partial charge in [0, 0.05) is 31.6 Å². The van der Waals surface area contributed by atoms with Crippen molar-refractivity contribution in [2.75, 3.05) is 24.1 Å². The quantitative estimate of drug-likeness (QED) is 0.167. The van der Waals surface area contributed by atoms with E-state index in [-0.39, 0.29) is 24.3 Å². The molecule has 0 saturated carbocycles. The van der Waals surface area contributed by atoms with Crippen LogP contribution in [0.5, 0.6) is 11.5 Å². The number of carbonyl (C=O) groups is 2. The lowest BCUT2D eigenvalue weighted by molar-refractivity contribution is -0.133. The number of anilines is 2. The minimum Gasteiger partial charge on any atom is -0.457 e. The highest BCUT2D eigenvalue weighted by atomic mass is 19.1. The fourth-order valence-electron chi connectivity index (χ4n) is 6.07. The minimum absolute atomic E-state index is 0.0673. The number of nitrogens with zero attached hydrogens (tertiary/aromatic N) is 6. The SMILES string of the molecule is Nc1ncnc2c1c(-c1ccc(Oc3ccccc3)cc1)nn2C1CCN(Cc2cc(F)ncc2NC2CCC(=O)NC2=O)CC1. The maximum absolute atomic E-state index is 14.2. The molecule has 12 nitrogen and oxygen atoms in total. The first-order valence-corrected chi connectivity index (χ1v) is 15.2. The first kappa shape index (κ1) is 29.3. The lowest BCUT2D eigenvalue weighted by Gasteiger charge is -2.33. The number of piperidine rings is 2. The number of imide groups is 1. The van der Waals surface area contributed by atoms with Gasteiger partial charge in [0.25, 0.3) is 0 Å². The Morgan fingerprint density at radius 2 is 1.74 bits per heavy atom. The number of carbonyl (C=O) groups excluding carboxylic acids is 2. The van der Waals surface area contributed by atoms with E-state index in [1.807, 2.05) is 59.3 Å². The van der Waals surface area contributed by atoms with Gasteiger partial charge >= 0.3 is 0 Å². The summed E-state index contributed by atoms with van der Waals surface area (Å²) < 4.78 is 22.1. The zero-order valence-corrected chi connectivity index (χ0v) is 24.9. The molecule has 0 radical (unpaired) electrons. The van der Waals surface area contributed by atoms with Crippen molar-refractivity contribution in [2.45, 2.75) is 44.3 Å². The van der Waals surface area contributed by atoms with Crippen molar-refractivity contribution < 1.29 is 18.7 Å². The van der Waals surface area contributed by atoms with Gasteiger partial charge in [-0.15, -0.1) is 0 Å². The summed E-state index contributed by atoms with van der Waals surface area (Å²) in [5.74, 6) is 0.555. The van der Waals surface area contributed by atoms with Gasteiger partial charge in [-0.2, -0.15) is 9.49 Å². The van der Waals surface area contributed by atoms with Crippen LogP contribution in [-0.4, -0.2) is 60.6 Å². The summed E-state index contributed by atoms with van der Waals surface area (Å²) in [5, 5.41) is 11.2. The molecule has 46 heavy (non-hydrogen) atoms. The number of likely N-dealkylation sites (tertiary alicyclic amines) is 1. The molecule has 1 unspecified atom stereocenters. The van der Waals surface area contributed by atoms with Gasteiger partial charge in [-0.1, -0.05) is 18.2 Å². The maximum Gasteiger partial charge on any atom is 0.249 e. The molecule has 7 rings (SSSR count). The predicted octanol–water partition coefficient (Wildman–Crippen LogP) is 4.46. The number of hydrogen-bond donors (Lipinski definition) is 3. The van der Waals surface area contributed by atoms with E-state index >= 15 is 0 Å². The van der Waals surface area contributed by atoms with Crippen LogP contribution in [0.1, 0.15) is 37.3 Å². The molecular formula is C33H32FN9O3. The number of rotatable bonds is 8. The third-order valence-electron chi connectivity index (χ3n) is 8.45. The van der Waals surface area contributed by atoms with Gasteiger partial charge < -0.3 is 15.8 Å². The van der Waals surface area contributed by atoms with Gasteiger partial charge in [0.1, 0.15) is 35.4 Å². The van der Waals surface area contributed by atoms with Crippen LogP contribution < -0.4 is 21.1 Å². The second-order valence-electron chi connectivity index (χ2n) is 11.5. The number of ether oxygens (including phenoxy) is 1. The smallest absolute Gasteiger partial charge is 0.249 e. The van der Waals surface area contributed by atoms with Crippen LogP contribution >= 0.6 is 0 Å². The third-order valence-corrected chi connectivity index (χ3v) is 8.45. The Labute approximate surface area is 263 Å². The molecule has 5 heterocycles. The second-order valence-corrected chi connectivity index (χ2v) is 11.5. The number of nitrogens with two attached hydrogens (primary N) is 1. The number of nitrogen functional groups attached to an aromatic ring is 1. The number of benzene rings is 2. The second kappa shape index (κ2) is 12.5. The fourth-order valence-corrected chi connectivity index (χ4v) is 6.07. The van der Waals surface area contributed by atoms with Gasteiger partial charge in [0.2, 0.25) is 17.8 Å². The molecule has 5 aromatic rings. The summed E-state index contributed by atoms with van der Waals surface area (Å²) in [6.07, 6.45) is 5.05. The molecule has 3 aromatic heterocycles. The van der Waals surface area contributed by atoms with E-state index in [0.29, 0.717) is 52.5 Å². The Bertz CT molecular complexity index is 1890. The number of amides is 2. The molecule has 2 fully saturated rings. The van der Waals surface area contributed by atoms with Crippen LogP contribution in [0.15, 0.2) is 73.2 Å².